The Hall–Kier alpha value is -2.88. The van der Waals surface area contributed by atoms with Crippen molar-refractivity contribution >= 4 is 66.5 Å². The van der Waals surface area contributed by atoms with Crippen molar-refractivity contribution in [2.45, 2.75) is 25.9 Å². The van der Waals surface area contributed by atoms with Gasteiger partial charge in [0.05, 0.1) is 16.0 Å². The Morgan fingerprint density at radius 3 is 2.48 bits per heavy atom. The fraction of sp³-hybridized carbons (Fsp3) is 0.125. The Kier molecular flexibility index (Phi) is 5.64. The SMILES string of the molecule is Cc1cc(C)cc(NC(=O)c2sc3nc4n(c(=O)c3c2C)NC(c2ccc(Br)cc2)=CS4)c1. The number of thioether (sulfide) groups is 1. The number of anilines is 1. The number of thiophene rings is 1. The van der Waals surface area contributed by atoms with Crippen LogP contribution in [-0.2, 0) is 0 Å². The Morgan fingerprint density at radius 2 is 1.79 bits per heavy atom. The third kappa shape index (κ3) is 4.12. The van der Waals surface area contributed by atoms with E-state index in [9.17, 15) is 9.59 Å². The third-order valence-electron chi connectivity index (χ3n) is 5.29. The summed E-state index contributed by atoms with van der Waals surface area (Å²) in [5, 5.41) is 5.89. The van der Waals surface area contributed by atoms with Crippen LogP contribution in [0.25, 0.3) is 15.9 Å². The number of carbonyl (C=O) groups is 1. The molecule has 2 aromatic heterocycles. The molecule has 3 heterocycles. The molecule has 9 heteroatoms. The van der Waals surface area contributed by atoms with Crippen molar-refractivity contribution in [3.63, 3.8) is 0 Å². The van der Waals surface area contributed by atoms with Crippen molar-refractivity contribution in [3.8, 4) is 0 Å². The molecule has 5 rings (SSSR count). The number of nitrogens with zero attached hydrogens (tertiary/aromatic N) is 2. The lowest BCUT2D eigenvalue weighted by atomic mass is 10.1. The predicted molar refractivity (Wildman–Crippen MR) is 140 cm³/mol. The second-order valence-electron chi connectivity index (χ2n) is 7.87. The molecule has 2 N–H and O–H groups in total. The highest BCUT2D eigenvalue weighted by atomic mass is 79.9. The van der Waals surface area contributed by atoms with Crippen molar-refractivity contribution in [1.29, 1.82) is 0 Å². The largest absolute Gasteiger partial charge is 0.321 e. The topological polar surface area (TPSA) is 76.0 Å². The van der Waals surface area contributed by atoms with Gasteiger partial charge in [-0.3, -0.25) is 15.0 Å². The first-order valence-corrected chi connectivity index (χ1v) is 12.6. The highest BCUT2D eigenvalue weighted by Gasteiger charge is 2.24. The van der Waals surface area contributed by atoms with E-state index >= 15 is 0 Å². The average Bonchev–Trinajstić information content (AvgIpc) is 3.10. The number of aryl methyl sites for hydroxylation is 3. The third-order valence-corrected chi connectivity index (χ3v) is 7.84. The Balaban J connectivity index is 1.51. The minimum absolute atomic E-state index is 0.218. The second-order valence-corrected chi connectivity index (χ2v) is 10.6. The molecule has 0 saturated carbocycles. The number of halogens is 1. The van der Waals surface area contributed by atoms with Gasteiger partial charge in [0, 0.05) is 21.1 Å². The van der Waals surface area contributed by atoms with Crippen LogP contribution in [0.4, 0.5) is 5.69 Å². The lowest BCUT2D eigenvalue weighted by Crippen LogP contribution is -2.32. The quantitative estimate of drug-likeness (QED) is 0.310. The summed E-state index contributed by atoms with van der Waals surface area (Å²) in [5.74, 6) is -0.239. The predicted octanol–water partition coefficient (Wildman–Crippen LogP) is 6.05. The molecular weight excluding hydrogens is 520 g/mol. The molecule has 6 nitrogen and oxygen atoms in total. The minimum Gasteiger partial charge on any atom is -0.321 e. The van der Waals surface area contributed by atoms with Crippen LogP contribution in [-0.4, -0.2) is 15.6 Å². The molecule has 0 aliphatic carbocycles. The maximum absolute atomic E-state index is 13.4. The van der Waals surface area contributed by atoms with E-state index in [-0.39, 0.29) is 11.5 Å². The molecule has 0 fully saturated rings. The van der Waals surface area contributed by atoms with E-state index in [0.29, 0.717) is 25.8 Å². The van der Waals surface area contributed by atoms with Gasteiger partial charge in [0.1, 0.15) is 4.83 Å². The lowest BCUT2D eigenvalue weighted by Gasteiger charge is -2.20. The maximum atomic E-state index is 13.4. The van der Waals surface area contributed by atoms with Crippen LogP contribution in [0.5, 0.6) is 0 Å². The Morgan fingerprint density at radius 1 is 1.09 bits per heavy atom. The molecule has 166 valence electrons. The number of carbonyl (C=O) groups excluding carboxylic acids is 1. The van der Waals surface area contributed by atoms with E-state index in [4.69, 9.17) is 0 Å². The van der Waals surface area contributed by atoms with Crippen molar-refractivity contribution in [3.05, 3.63) is 89.8 Å². The van der Waals surface area contributed by atoms with Crippen LogP contribution in [0.1, 0.15) is 31.9 Å². The number of hydrogen-bond acceptors (Lipinski definition) is 6. The van der Waals surface area contributed by atoms with E-state index in [1.165, 1.54) is 27.8 Å². The number of rotatable bonds is 3. The number of hydrogen-bond donors (Lipinski definition) is 2. The summed E-state index contributed by atoms with van der Waals surface area (Å²) in [5.41, 5.74) is 8.25. The van der Waals surface area contributed by atoms with Gasteiger partial charge in [-0.25, -0.2) is 4.98 Å². The zero-order chi connectivity index (χ0) is 23.3. The van der Waals surface area contributed by atoms with Crippen LogP contribution < -0.4 is 16.3 Å². The van der Waals surface area contributed by atoms with E-state index in [2.05, 4.69) is 37.7 Å². The van der Waals surface area contributed by atoms with Crippen molar-refractivity contribution in [2.75, 3.05) is 10.7 Å². The molecular formula is C24H19BrN4O2S2. The van der Waals surface area contributed by atoms with Gasteiger partial charge in [-0.05, 0) is 61.7 Å². The second kappa shape index (κ2) is 8.48. The van der Waals surface area contributed by atoms with Gasteiger partial charge in [-0.15, -0.1) is 11.3 Å². The van der Waals surface area contributed by atoms with Crippen LogP contribution in [0, 0.1) is 20.8 Å². The molecule has 0 radical (unpaired) electrons. The molecule has 0 saturated heterocycles. The summed E-state index contributed by atoms with van der Waals surface area (Å²) < 4.78 is 2.44. The van der Waals surface area contributed by atoms with E-state index < -0.39 is 0 Å². The maximum Gasteiger partial charge on any atom is 0.282 e. The number of aromatic nitrogens is 2. The van der Waals surface area contributed by atoms with Crippen molar-refractivity contribution in [2.24, 2.45) is 0 Å². The van der Waals surface area contributed by atoms with E-state index in [0.717, 1.165) is 32.5 Å². The normalized spacial score (nSPS) is 12.8. The van der Waals surface area contributed by atoms with Gasteiger partial charge in [-0.1, -0.05) is 45.9 Å². The van der Waals surface area contributed by atoms with Gasteiger partial charge < -0.3 is 5.32 Å². The van der Waals surface area contributed by atoms with Crippen LogP contribution in [0.3, 0.4) is 0 Å². The first kappa shape index (κ1) is 21.9. The van der Waals surface area contributed by atoms with E-state index in [1.807, 2.05) is 55.7 Å². The standard InChI is InChI=1S/C24H19BrN4O2S2/c1-12-8-13(2)10-17(9-12)26-21(30)20-14(3)19-22(33-20)27-24-29(23(19)31)28-18(11-32-24)15-4-6-16(25)7-5-15/h4-11,28H,1-3H3,(H,26,30). The lowest BCUT2D eigenvalue weighted by molar-refractivity contribution is 0.103. The molecule has 2 aromatic carbocycles. The molecule has 0 bridgehead atoms. The van der Waals surface area contributed by atoms with Crippen molar-refractivity contribution < 1.29 is 4.79 Å². The summed E-state index contributed by atoms with van der Waals surface area (Å²) in [6.07, 6.45) is 0. The highest BCUT2D eigenvalue weighted by Crippen LogP contribution is 2.33. The summed E-state index contributed by atoms with van der Waals surface area (Å²) in [7, 11) is 0. The first-order valence-electron chi connectivity index (χ1n) is 10.2. The molecule has 1 amide bonds. The van der Waals surface area contributed by atoms with Gasteiger partial charge >= 0.3 is 0 Å². The molecule has 33 heavy (non-hydrogen) atoms. The number of fused-ring (bicyclic) bond motifs is 2. The van der Waals surface area contributed by atoms with Gasteiger partial charge in [0.2, 0.25) is 0 Å². The molecule has 4 aromatic rings. The smallest absolute Gasteiger partial charge is 0.282 e. The summed E-state index contributed by atoms with van der Waals surface area (Å²) in [6, 6.07) is 13.7. The molecule has 0 atom stereocenters. The zero-order valence-corrected chi connectivity index (χ0v) is 21.2. The van der Waals surface area contributed by atoms with Crippen molar-refractivity contribution in [1.82, 2.24) is 9.66 Å². The minimum atomic E-state index is -0.239. The highest BCUT2D eigenvalue weighted by molar-refractivity contribution is 9.10. The Bertz CT molecular complexity index is 1500. The van der Waals surface area contributed by atoms with Gasteiger partial charge in [0.25, 0.3) is 11.5 Å². The number of benzene rings is 2. The molecule has 0 unspecified atom stereocenters. The Labute approximate surface area is 206 Å². The monoisotopic (exact) mass is 538 g/mol. The van der Waals surface area contributed by atoms with Gasteiger partial charge in [-0.2, -0.15) is 4.68 Å². The van der Waals surface area contributed by atoms with Crippen LogP contribution >= 0.6 is 39.0 Å². The summed E-state index contributed by atoms with van der Waals surface area (Å²) >= 11 is 6.06. The number of nitrogens with one attached hydrogen (secondary N) is 2. The molecule has 1 aliphatic rings. The van der Waals surface area contributed by atoms with Crippen LogP contribution in [0.2, 0.25) is 0 Å². The molecule has 0 spiro atoms. The number of amides is 1. The summed E-state index contributed by atoms with van der Waals surface area (Å²) in [6.45, 7) is 5.78. The fourth-order valence-electron chi connectivity index (χ4n) is 3.81. The van der Waals surface area contributed by atoms with Crippen LogP contribution in [0.15, 0.2) is 62.3 Å². The first-order chi connectivity index (χ1) is 15.8. The van der Waals surface area contributed by atoms with E-state index in [1.54, 1.807) is 6.92 Å². The summed E-state index contributed by atoms with van der Waals surface area (Å²) in [4.78, 5) is 32.2. The zero-order valence-electron chi connectivity index (χ0n) is 18.0. The average molecular weight is 539 g/mol. The fourth-order valence-corrected chi connectivity index (χ4v) is 5.99. The van der Waals surface area contributed by atoms with Gasteiger partial charge in [0.15, 0.2) is 5.16 Å². The molecule has 1 aliphatic heterocycles.